The third-order valence-corrected chi connectivity index (χ3v) is 6.96. The minimum atomic E-state index is -0.148. The van der Waals surface area contributed by atoms with Gasteiger partial charge in [0.15, 0.2) is 5.65 Å². The van der Waals surface area contributed by atoms with Crippen LogP contribution in [0.5, 0.6) is 0 Å². The molecule has 0 radical (unpaired) electrons. The Bertz CT molecular complexity index is 919. The normalized spacial score (nSPS) is 22.1. The number of hydrogen-bond donors (Lipinski definition) is 2. The molecule has 2 aliphatic carbocycles. The zero-order valence-corrected chi connectivity index (χ0v) is 17.8. The lowest BCUT2D eigenvalue weighted by Crippen LogP contribution is -2.31. The van der Waals surface area contributed by atoms with Crippen molar-refractivity contribution in [1.29, 1.82) is 0 Å². The van der Waals surface area contributed by atoms with E-state index in [1.807, 2.05) is 10.9 Å². The van der Waals surface area contributed by atoms with Crippen molar-refractivity contribution in [2.45, 2.75) is 96.2 Å². The molecular weight excluding hydrogens is 362 g/mol. The Hall–Kier alpha value is -2.08. The number of hydroxylamine groups is 1. The molecule has 0 atom stereocenters. The highest BCUT2D eigenvalue weighted by Crippen LogP contribution is 2.42. The van der Waals surface area contributed by atoms with Crippen LogP contribution in [0.15, 0.2) is 12.3 Å². The third kappa shape index (κ3) is 3.41. The van der Waals surface area contributed by atoms with E-state index >= 15 is 0 Å². The first kappa shape index (κ1) is 18.9. The molecule has 0 aromatic carbocycles. The highest BCUT2D eigenvalue weighted by Gasteiger charge is 2.38. The van der Waals surface area contributed by atoms with E-state index in [0.717, 1.165) is 47.4 Å². The number of pyridine rings is 1. The van der Waals surface area contributed by atoms with Gasteiger partial charge in [0.1, 0.15) is 5.60 Å². The summed E-state index contributed by atoms with van der Waals surface area (Å²) >= 11 is 0. The van der Waals surface area contributed by atoms with Crippen molar-refractivity contribution in [1.82, 2.24) is 20.2 Å². The van der Waals surface area contributed by atoms with Gasteiger partial charge in [0.05, 0.1) is 28.7 Å². The predicted octanol–water partition coefficient (Wildman–Crippen LogP) is 5.08. The van der Waals surface area contributed by atoms with Crippen LogP contribution in [0, 0.1) is 6.92 Å². The second kappa shape index (κ2) is 7.63. The number of hydrogen-bond acceptors (Lipinski definition) is 5. The topological polar surface area (TPSA) is 64.0 Å². The number of nitrogens with zero attached hydrogens (tertiary/aromatic N) is 3. The first-order valence-corrected chi connectivity index (χ1v) is 11.5. The maximum absolute atomic E-state index is 6.17. The van der Waals surface area contributed by atoms with Gasteiger partial charge in [-0.3, -0.25) is 10.3 Å². The molecule has 0 saturated heterocycles. The first-order chi connectivity index (χ1) is 14.2. The Morgan fingerprint density at radius 1 is 1.17 bits per heavy atom. The molecule has 2 saturated carbocycles. The van der Waals surface area contributed by atoms with E-state index in [0.29, 0.717) is 6.04 Å². The van der Waals surface area contributed by atoms with Crippen LogP contribution in [-0.2, 0) is 11.4 Å². The molecule has 6 nitrogen and oxygen atoms in total. The van der Waals surface area contributed by atoms with E-state index in [-0.39, 0.29) is 5.60 Å². The van der Waals surface area contributed by atoms with Gasteiger partial charge in [-0.1, -0.05) is 38.5 Å². The molecule has 0 bridgehead atoms. The van der Waals surface area contributed by atoms with Crippen LogP contribution in [0.2, 0.25) is 0 Å². The second-order valence-corrected chi connectivity index (χ2v) is 9.01. The molecule has 5 rings (SSSR count). The molecular formula is C23H33N5O. The fourth-order valence-corrected chi connectivity index (χ4v) is 5.36. The highest BCUT2D eigenvalue weighted by molar-refractivity contribution is 5.97. The number of aryl methyl sites for hydroxylation is 2. The molecule has 2 aromatic heterocycles. The largest absolute Gasteiger partial charge is 0.381 e. The Balaban J connectivity index is 1.61. The van der Waals surface area contributed by atoms with E-state index in [9.17, 15) is 0 Å². The summed E-state index contributed by atoms with van der Waals surface area (Å²) in [6.45, 7) is 5.06. The number of fused-ring (bicyclic) bond motifs is 1. The minimum Gasteiger partial charge on any atom is -0.381 e. The van der Waals surface area contributed by atoms with Crippen molar-refractivity contribution in [3.05, 3.63) is 23.5 Å². The maximum Gasteiger partial charge on any atom is 0.160 e. The summed E-state index contributed by atoms with van der Waals surface area (Å²) < 4.78 is 1.99. The zero-order valence-electron chi connectivity index (χ0n) is 17.8. The lowest BCUT2D eigenvalue weighted by molar-refractivity contribution is -0.0557. The molecule has 2 aromatic rings. The van der Waals surface area contributed by atoms with Gasteiger partial charge in [-0.25, -0.2) is 9.67 Å². The Kier molecular flexibility index (Phi) is 4.98. The summed E-state index contributed by atoms with van der Waals surface area (Å²) in [5, 5.41) is 9.63. The summed E-state index contributed by atoms with van der Waals surface area (Å²) in [6, 6.07) is 0.518. The van der Waals surface area contributed by atoms with Crippen LogP contribution in [-0.4, -0.2) is 26.4 Å². The minimum absolute atomic E-state index is 0.148. The van der Waals surface area contributed by atoms with E-state index < -0.39 is 0 Å². The van der Waals surface area contributed by atoms with Crippen molar-refractivity contribution >= 4 is 22.4 Å². The van der Waals surface area contributed by atoms with Crippen LogP contribution < -0.4 is 10.8 Å². The molecule has 2 N–H and O–H groups in total. The predicted molar refractivity (Wildman–Crippen MR) is 116 cm³/mol. The molecule has 1 spiro atoms. The summed E-state index contributed by atoms with van der Waals surface area (Å²) in [6.07, 6.45) is 16.7. The third-order valence-electron chi connectivity index (χ3n) is 6.96. The molecule has 6 heteroatoms. The average molecular weight is 396 g/mol. The lowest BCUT2D eigenvalue weighted by atomic mass is 9.84. The van der Waals surface area contributed by atoms with Crippen LogP contribution >= 0.6 is 0 Å². The van der Waals surface area contributed by atoms with Gasteiger partial charge in [-0.2, -0.15) is 5.10 Å². The Morgan fingerprint density at radius 3 is 2.69 bits per heavy atom. The van der Waals surface area contributed by atoms with Gasteiger partial charge >= 0.3 is 0 Å². The van der Waals surface area contributed by atoms with Gasteiger partial charge in [0, 0.05) is 18.2 Å². The molecule has 2 fully saturated rings. The van der Waals surface area contributed by atoms with E-state index in [1.165, 1.54) is 57.1 Å². The molecule has 0 unspecified atom stereocenters. The van der Waals surface area contributed by atoms with Crippen molar-refractivity contribution in [3.8, 4) is 0 Å². The van der Waals surface area contributed by atoms with E-state index in [2.05, 4.69) is 35.8 Å². The summed E-state index contributed by atoms with van der Waals surface area (Å²) in [5.74, 6) is 0. The monoisotopic (exact) mass is 395 g/mol. The number of nitrogens with one attached hydrogen (secondary N) is 2. The van der Waals surface area contributed by atoms with Crippen molar-refractivity contribution in [2.24, 2.45) is 0 Å². The van der Waals surface area contributed by atoms with Crippen molar-refractivity contribution < 1.29 is 4.84 Å². The first-order valence-electron chi connectivity index (χ1n) is 11.5. The number of rotatable bonds is 4. The fourth-order valence-electron chi connectivity index (χ4n) is 5.36. The van der Waals surface area contributed by atoms with Gasteiger partial charge in [0.2, 0.25) is 0 Å². The summed E-state index contributed by atoms with van der Waals surface area (Å²) in [4.78, 5) is 11.1. The van der Waals surface area contributed by atoms with Crippen LogP contribution in [0.1, 0.15) is 82.4 Å². The highest BCUT2D eigenvalue weighted by atomic mass is 16.7. The van der Waals surface area contributed by atoms with Gasteiger partial charge in [-0.05, 0) is 45.6 Å². The molecule has 1 aliphatic heterocycles. The summed E-state index contributed by atoms with van der Waals surface area (Å²) in [7, 11) is 0. The fraction of sp³-hybridized carbons (Fsp3) is 0.652. The smallest absolute Gasteiger partial charge is 0.160 e. The molecule has 29 heavy (non-hydrogen) atoms. The van der Waals surface area contributed by atoms with E-state index in [4.69, 9.17) is 9.82 Å². The second-order valence-electron chi connectivity index (χ2n) is 9.01. The number of aromatic nitrogens is 3. The van der Waals surface area contributed by atoms with E-state index in [1.54, 1.807) is 0 Å². The van der Waals surface area contributed by atoms with Gasteiger partial charge in [0.25, 0.3) is 0 Å². The SMILES string of the molecule is CCn1ncc2c(NC3CCCCC3)c(C3=CC4(CCCCC4)ON3)c(C)nc21. The average Bonchev–Trinajstić information content (AvgIpc) is 3.33. The Morgan fingerprint density at radius 2 is 1.93 bits per heavy atom. The van der Waals surface area contributed by atoms with Crippen molar-refractivity contribution in [3.63, 3.8) is 0 Å². The standard InChI is InChI=1S/C23H33N5O/c1-3-28-22-18(15-24-28)21(26-17-10-6-4-7-11-17)20(16(2)25-22)19-14-23(29-27-19)12-8-5-9-13-23/h14-15,17,27H,3-13H2,1-2H3,(H,25,26). The Labute approximate surface area is 173 Å². The van der Waals surface area contributed by atoms with Crippen LogP contribution in [0.25, 0.3) is 16.7 Å². The van der Waals surface area contributed by atoms with Crippen LogP contribution in [0.4, 0.5) is 5.69 Å². The quantitative estimate of drug-likeness (QED) is 0.755. The molecule has 0 amide bonds. The van der Waals surface area contributed by atoms with Crippen molar-refractivity contribution in [2.75, 3.05) is 5.32 Å². The molecule has 156 valence electrons. The molecule has 3 heterocycles. The summed E-state index contributed by atoms with van der Waals surface area (Å²) in [5.41, 5.74) is 8.54. The lowest BCUT2D eigenvalue weighted by Gasteiger charge is -2.29. The van der Waals surface area contributed by atoms with Crippen LogP contribution in [0.3, 0.4) is 0 Å². The number of anilines is 1. The van der Waals surface area contributed by atoms with Gasteiger partial charge < -0.3 is 5.32 Å². The zero-order chi connectivity index (χ0) is 19.8. The molecule has 3 aliphatic rings. The maximum atomic E-state index is 6.17. The van der Waals surface area contributed by atoms with Gasteiger partial charge in [-0.15, -0.1) is 0 Å².